The third kappa shape index (κ3) is 4.38. The van der Waals surface area contributed by atoms with Crippen LogP contribution in [0.1, 0.15) is 25.7 Å². The van der Waals surface area contributed by atoms with Gasteiger partial charge in [-0.2, -0.15) is 0 Å². The van der Waals surface area contributed by atoms with Gasteiger partial charge in [0.25, 0.3) is 11.8 Å². The van der Waals surface area contributed by atoms with Crippen molar-refractivity contribution in [1.82, 2.24) is 5.06 Å². The Kier molecular flexibility index (Phi) is 5.66. The second-order valence-electron chi connectivity index (χ2n) is 4.11. The Balaban J connectivity index is 1.63. The molecule has 6 nitrogen and oxygen atoms in total. The lowest BCUT2D eigenvalue weighted by Crippen LogP contribution is -2.32. The van der Waals surface area contributed by atoms with Gasteiger partial charge in [0.2, 0.25) is 0 Å². The number of carbonyl (C=O) groups excluding carboxylic acids is 3. The summed E-state index contributed by atoms with van der Waals surface area (Å²) in [5.74, 6) is -0.936. The van der Waals surface area contributed by atoms with E-state index in [0.717, 1.165) is 18.0 Å². The molecule has 0 aromatic heterocycles. The van der Waals surface area contributed by atoms with Crippen LogP contribution in [0.25, 0.3) is 0 Å². The molecule has 0 saturated carbocycles. The van der Waals surface area contributed by atoms with Gasteiger partial charge >= 0.3 is 5.97 Å². The zero-order valence-corrected chi connectivity index (χ0v) is 12.4. The molecule has 2 heterocycles. The molecule has 108 valence electrons. The minimum absolute atomic E-state index is 0.114. The molecule has 0 unspecified atom stereocenters. The van der Waals surface area contributed by atoms with Gasteiger partial charge < -0.3 is 4.84 Å². The topological polar surface area (TPSA) is 76.0 Å². The summed E-state index contributed by atoms with van der Waals surface area (Å²) in [5.41, 5.74) is 0. The van der Waals surface area contributed by atoms with Crippen LogP contribution < -0.4 is 0 Å². The Morgan fingerprint density at radius 3 is 2.75 bits per heavy atom. The summed E-state index contributed by atoms with van der Waals surface area (Å²) < 4.78 is 0. The number of hydrogen-bond donors (Lipinski definition) is 0. The normalized spacial score (nSPS) is 18.4. The average molecular weight is 314 g/mol. The van der Waals surface area contributed by atoms with Gasteiger partial charge in [-0.25, -0.2) is 4.79 Å². The van der Waals surface area contributed by atoms with Crippen molar-refractivity contribution in [1.29, 1.82) is 0 Å². The zero-order chi connectivity index (χ0) is 14.4. The molecule has 0 atom stereocenters. The average Bonchev–Trinajstić information content (AvgIpc) is 2.77. The number of carbonyl (C=O) groups is 3. The molecule has 2 aliphatic heterocycles. The Bertz CT molecular complexity index is 460. The quantitative estimate of drug-likeness (QED) is 0.437. The summed E-state index contributed by atoms with van der Waals surface area (Å²) in [6.07, 6.45) is 5.37. The summed E-state index contributed by atoms with van der Waals surface area (Å²) in [6, 6.07) is 0. The highest BCUT2D eigenvalue weighted by atomic mass is 33.1. The van der Waals surface area contributed by atoms with Crippen molar-refractivity contribution in [3.05, 3.63) is 12.2 Å². The largest absolute Gasteiger partial charge is 0.334 e. The summed E-state index contributed by atoms with van der Waals surface area (Å²) in [7, 11) is 3.00. The monoisotopic (exact) mass is 314 g/mol. The second kappa shape index (κ2) is 7.49. The number of aliphatic imine (C=N–C) groups is 1. The van der Waals surface area contributed by atoms with E-state index in [9.17, 15) is 14.4 Å². The van der Waals surface area contributed by atoms with Crippen LogP contribution in [-0.4, -0.2) is 40.2 Å². The zero-order valence-electron chi connectivity index (χ0n) is 10.7. The molecular weight excluding hydrogens is 300 g/mol. The molecule has 2 aliphatic rings. The van der Waals surface area contributed by atoms with E-state index in [1.54, 1.807) is 0 Å². The molecule has 0 radical (unpaired) electrons. The van der Waals surface area contributed by atoms with Gasteiger partial charge in [0.1, 0.15) is 5.04 Å². The lowest BCUT2D eigenvalue weighted by atomic mass is 10.3. The van der Waals surface area contributed by atoms with Crippen molar-refractivity contribution in [2.45, 2.75) is 25.7 Å². The van der Waals surface area contributed by atoms with E-state index in [0.29, 0.717) is 10.8 Å². The molecule has 2 amide bonds. The van der Waals surface area contributed by atoms with Gasteiger partial charge in [-0.15, -0.1) is 5.06 Å². The van der Waals surface area contributed by atoms with E-state index in [-0.39, 0.29) is 19.3 Å². The highest BCUT2D eigenvalue weighted by Crippen LogP contribution is 2.26. The Labute approximate surface area is 124 Å². The minimum atomic E-state index is -0.567. The number of nitrogens with zero attached hydrogens (tertiary/aromatic N) is 2. The van der Waals surface area contributed by atoms with Crippen LogP contribution in [-0.2, 0) is 19.2 Å². The van der Waals surface area contributed by atoms with Crippen LogP contribution in [0.5, 0.6) is 0 Å². The first-order valence-corrected chi connectivity index (χ1v) is 8.56. The van der Waals surface area contributed by atoms with E-state index < -0.39 is 17.8 Å². The predicted molar refractivity (Wildman–Crippen MR) is 77.9 cm³/mol. The van der Waals surface area contributed by atoms with Gasteiger partial charge in [0.15, 0.2) is 0 Å². The number of dihydropyridines is 1. The third-order valence-electron chi connectivity index (χ3n) is 2.56. The summed E-state index contributed by atoms with van der Waals surface area (Å²) in [5, 5.41) is 1.52. The van der Waals surface area contributed by atoms with Crippen LogP contribution in [0.15, 0.2) is 17.1 Å². The molecule has 8 heteroatoms. The molecule has 0 aromatic rings. The molecule has 0 spiro atoms. The van der Waals surface area contributed by atoms with Crippen molar-refractivity contribution in [2.75, 3.05) is 12.3 Å². The van der Waals surface area contributed by atoms with E-state index in [2.05, 4.69) is 11.1 Å². The van der Waals surface area contributed by atoms with Crippen LogP contribution in [0.3, 0.4) is 0 Å². The fourth-order valence-electron chi connectivity index (χ4n) is 1.57. The van der Waals surface area contributed by atoms with Gasteiger partial charge in [-0.05, 0) is 23.3 Å². The molecule has 0 bridgehead atoms. The van der Waals surface area contributed by atoms with Crippen molar-refractivity contribution in [3.63, 3.8) is 0 Å². The molecule has 0 N–H and O–H groups in total. The molecular formula is C12H14N2O4S2. The second-order valence-corrected chi connectivity index (χ2v) is 6.55. The summed E-state index contributed by atoms with van der Waals surface area (Å²) in [4.78, 5) is 43.1. The summed E-state index contributed by atoms with van der Waals surface area (Å²) >= 11 is 0. The van der Waals surface area contributed by atoms with Crippen molar-refractivity contribution in [3.8, 4) is 0 Å². The van der Waals surface area contributed by atoms with Gasteiger partial charge in [0, 0.05) is 25.1 Å². The first-order valence-electron chi connectivity index (χ1n) is 6.24. The number of hydrogen-bond acceptors (Lipinski definition) is 7. The van der Waals surface area contributed by atoms with Crippen molar-refractivity contribution < 1.29 is 19.2 Å². The highest BCUT2D eigenvalue weighted by molar-refractivity contribution is 8.82. The summed E-state index contributed by atoms with van der Waals surface area (Å²) in [6.45, 7) is 0.806. The van der Waals surface area contributed by atoms with Crippen molar-refractivity contribution in [2.24, 2.45) is 4.99 Å². The molecule has 1 saturated heterocycles. The number of rotatable bonds is 5. The maximum absolute atomic E-state index is 11.5. The molecule has 2 rings (SSSR count). The van der Waals surface area contributed by atoms with Crippen LogP contribution in [0, 0.1) is 0 Å². The third-order valence-corrected chi connectivity index (χ3v) is 4.85. The van der Waals surface area contributed by atoms with E-state index in [4.69, 9.17) is 4.84 Å². The Morgan fingerprint density at radius 1 is 1.35 bits per heavy atom. The minimum Gasteiger partial charge on any atom is -0.330 e. The highest BCUT2D eigenvalue weighted by Gasteiger charge is 2.32. The van der Waals surface area contributed by atoms with E-state index in [1.165, 1.54) is 21.6 Å². The lowest BCUT2D eigenvalue weighted by molar-refractivity contribution is -0.197. The maximum atomic E-state index is 11.5. The van der Waals surface area contributed by atoms with Crippen LogP contribution in [0.2, 0.25) is 0 Å². The molecule has 20 heavy (non-hydrogen) atoms. The van der Waals surface area contributed by atoms with Crippen LogP contribution >= 0.6 is 21.6 Å². The lowest BCUT2D eigenvalue weighted by Gasteiger charge is -2.12. The van der Waals surface area contributed by atoms with Gasteiger partial charge in [-0.3, -0.25) is 14.6 Å². The molecule has 1 fully saturated rings. The van der Waals surface area contributed by atoms with Crippen molar-refractivity contribution >= 4 is 44.4 Å². The van der Waals surface area contributed by atoms with Gasteiger partial charge in [-0.1, -0.05) is 16.9 Å². The first-order chi connectivity index (χ1) is 9.66. The van der Waals surface area contributed by atoms with Gasteiger partial charge in [0.05, 0.1) is 6.42 Å². The molecule has 0 aliphatic carbocycles. The fraction of sp³-hybridized carbons (Fsp3) is 0.500. The molecule has 0 aromatic carbocycles. The smallest absolute Gasteiger partial charge is 0.330 e. The standard InChI is InChI=1S/C12H14N2O4S2/c15-10-4-5-11(16)14(10)18-12(17)6-8-19-20-9-3-1-2-7-13-9/h1,3H,2,4-8H2. The number of imide groups is 1. The first kappa shape index (κ1) is 15.1. The maximum Gasteiger partial charge on any atom is 0.334 e. The predicted octanol–water partition coefficient (Wildman–Crippen LogP) is 1.72. The number of hydroxylamine groups is 2. The fourth-order valence-corrected chi connectivity index (χ4v) is 3.51. The number of amides is 2. The van der Waals surface area contributed by atoms with E-state index in [1.807, 2.05) is 6.08 Å². The Hall–Kier alpha value is -1.28. The SMILES string of the molecule is O=C(CCSSC1=NCCC=C1)ON1C(=O)CCC1=O. The Morgan fingerprint density at radius 2 is 2.10 bits per heavy atom. The van der Waals surface area contributed by atoms with E-state index >= 15 is 0 Å². The van der Waals surface area contributed by atoms with Crippen LogP contribution in [0.4, 0.5) is 0 Å².